The van der Waals surface area contributed by atoms with E-state index in [0.29, 0.717) is 36.7 Å². The van der Waals surface area contributed by atoms with Gasteiger partial charge in [0.05, 0.1) is 53.7 Å². The zero-order valence-corrected chi connectivity index (χ0v) is 22.8. The molecule has 4 N–H and O–H groups in total. The summed E-state index contributed by atoms with van der Waals surface area (Å²) in [6.07, 6.45) is 7.53. The van der Waals surface area contributed by atoms with Gasteiger partial charge < -0.3 is 25.6 Å². The Balaban J connectivity index is 1.25. The summed E-state index contributed by atoms with van der Waals surface area (Å²) in [5.41, 5.74) is 8.98. The van der Waals surface area contributed by atoms with E-state index < -0.39 is 17.7 Å². The van der Waals surface area contributed by atoms with Gasteiger partial charge in [-0.1, -0.05) is 6.92 Å². The van der Waals surface area contributed by atoms with Crippen LogP contribution in [0.5, 0.6) is 0 Å². The number of aromatic nitrogens is 4. The minimum Gasteiger partial charge on any atom is -0.391 e. The molecule has 4 atom stereocenters. The first-order valence-electron chi connectivity index (χ1n) is 14.0. The van der Waals surface area contributed by atoms with Gasteiger partial charge >= 0.3 is 0 Å². The van der Waals surface area contributed by atoms with Gasteiger partial charge in [0, 0.05) is 25.5 Å². The van der Waals surface area contributed by atoms with E-state index in [0.717, 1.165) is 30.5 Å². The monoisotopic (exact) mass is 564 g/mol. The molecule has 0 unspecified atom stereocenters. The molecular weight excluding hydrogens is 530 g/mol. The van der Waals surface area contributed by atoms with Gasteiger partial charge in [-0.15, -0.1) is 0 Å². The van der Waals surface area contributed by atoms with Crippen LogP contribution in [-0.4, -0.2) is 56.2 Å². The van der Waals surface area contributed by atoms with Crippen molar-refractivity contribution < 1.29 is 23.4 Å². The van der Waals surface area contributed by atoms with Gasteiger partial charge in [0.15, 0.2) is 0 Å². The minimum absolute atomic E-state index is 0.0240. The van der Waals surface area contributed by atoms with Crippen molar-refractivity contribution in [1.29, 1.82) is 0 Å². The number of aliphatic hydroxyl groups is 1. The third kappa shape index (κ3) is 5.80. The quantitative estimate of drug-likeness (QED) is 0.295. The highest BCUT2D eigenvalue weighted by Crippen LogP contribution is 2.39. The Kier molecular flexibility index (Phi) is 7.94. The Morgan fingerprint density at radius 1 is 1.12 bits per heavy atom. The summed E-state index contributed by atoms with van der Waals surface area (Å²) in [4.78, 5) is 8.74. The highest BCUT2D eigenvalue weighted by atomic mass is 19.1. The molecule has 216 valence electrons. The number of halogens is 2. The van der Waals surface area contributed by atoms with E-state index >= 15 is 8.78 Å². The molecular formula is C30H34F2N6O3. The number of benzene rings is 1. The Hall–Kier alpha value is -3.51. The Bertz CT molecular complexity index is 1490. The first kappa shape index (κ1) is 27.6. The van der Waals surface area contributed by atoms with Crippen LogP contribution >= 0.6 is 0 Å². The molecule has 4 aromatic rings. The molecule has 0 spiro atoms. The fourth-order valence-corrected chi connectivity index (χ4v) is 5.93. The van der Waals surface area contributed by atoms with E-state index in [-0.39, 0.29) is 41.8 Å². The van der Waals surface area contributed by atoms with Crippen LogP contribution < -0.4 is 11.1 Å². The third-order valence-electron chi connectivity index (χ3n) is 8.17. The minimum atomic E-state index is -0.712. The van der Waals surface area contributed by atoms with Crippen LogP contribution in [0.4, 0.5) is 20.4 Å². The predicted molar refractivity (Wildman–Crippen MR) is 150 cm³/mol. The Morgan fingerprint density at radius 3 is 2.66 bits per heavy atom. The van der Waals surface area contributed by atoms with Crippen molar-refractivity contribution in [3.8, 4) is 11.3 Å². The highest BCUT2D eigenvalue weighted by molar-refractivity contribution is 5.66. The number of aliphatic hydroxyl groups excluding tert-OH is 1. The number of anilines is 2. The largest absolute Gasteiger partial charge is 0.391 e. The number of hydrogen-bond acceptors (Lipinski definition) is 8. The van der Waals surface area contributed by atoms with Crippen molar-refractivity contribution in [3.05, 3.63) is 71.7 Å². The van der Waals surface area contributed by atoms with E-state index in [1.54, 1.807) is 30.7 Å². The Labute approximate surface area is 236 Å². The van der Waals surface area contributed by atoms with Gasteiger partial charge in [0.2, 0.25) is 5.95 Å². The van der Waals surface area contributed by atoms with Crippen LogP contribution in [0.25, 0.3) is 16.8 Å². The van der Waals surface area contributed by atoms with Crippen LogP contribution in [0.3, 0.4) is 0 Å². The first-order valence-corrected chi connectivity index (χ1v) is 14.0. The maximum Gasteiger partial charge on any atom is 0.229 e. The van der Waals surface area contributed by atoms with Crippen molar-refractivity contribution in [2.75, 3.05) is 18.5 Å². The fourth-order valence-electron chi connectivity index (χ4n) is 5.93. The van der Waals surface area contributed by atoms with Crippen molar-refractivity contribution >= 4 is 17.2 Å². The SMILES string of the molecule is C[C@H]1C[C@@H](c2ccncc2Nc2ncc3ccc(-c4c(F)cc(COC5CCOCC5)cc4F)nn23)C[C@@H](N)[C@@H]1O. The van der Waals surface area contributed by atoms with Crippen molar-refractivity contribution in [2.45, 2.75) is 63.4 Å². The molecule has 11 heteroatoms. The van der Waals surface area contributed by atoms with Crippen molar-refractivity contribution in [2.24, 2.45) is 11.7 Å². The van der Waals surface area contributed by atoms with Gasteiger partial charge in [-0.05, 0) is 79.0 Å². The molecule has 1 aliphatic carbocycles. The Morgan fingerprint density at radius 2 is 1.90 bits per heavy atom. The van der Waals surface area contributed by atoms with Crippen molar-refractivity contribution in [3.63, 3.8) is 0 Å². The molecule has 0 bridgehead atoms. The molecule has 2 fully saturated rings. The van der Waals surface area contributed by atoms with E-state index in [1.165, 1.54) is 16.6 Å². The number of rotatable bonds is 7. The molecule has 0 amide bonds. The lowest BCUT2D eigenvalue weighted by atomic mass is 9.74. The predicted octanol–water partition coefficient (Wildman–Crippen LogP) is 4.71. The molecule has 41 heavy (non-hydrogen) atoms. The first-order chi connectivity index (χ1) is 19.9. The second kappa shape index (κ2) is 11.8. The second-order valence-electron chi connectivity index (χ2n) is 11.1. The average Bonchev–Trinajstić information content (AvgIpc) is 3.37. The zero-order chi connectivity index (χ0) is 28.5. The molecule has 3 aromatic heterocycles. The normalized spacial score (nSPS) is 23.6. The lowest BCUT2D eigenvalue weighted by Crippen LogP contribution is -2.44. The topological polar surface area (TPSA) is 120 Å². The molecule has 0 radical (unpaired) electrons. The molecule has 1 aromatic carbocycles. The number of nitrogens with zero attached hydrogens (tertiary/aromatic N) is 4. The maximum atomic E-state index is 15.3. The fraction of sp³-hybridized carbons (Fsp3) is 0.433. The molecule has 4 heterocycles. The second-order valence-corrected chi connectivity index (χ2v) is 11.1. The van der Waals surface area contributed by atoms with Crippen LogP contribution in [0.1, 0.15) is 49.7 Å². The molecule has 6 rings (SSSR count). The van der Waals surface area contributed by atoms with Crippen molar-refractivity contribution in [1.82, 2.24) is 19.6 Å². The van der Waals surface area contributed by atoms with Gasteiger partial charge in [0.1, 0.15) is 11.6 Å². The van der Waals surface area contributed by atoms with Gasteiger partial charge in [-0.25, -0.2) is 13.8 Å². The summed E-state index contributed by atoms with van der Waals surface area (Å²) in [7, 11) is 0. The smallest absolute Gasteiger partial charge is 0.229 e. The summed E-state index contributed by atoms with van der Waals surface area (Å²) in [5.74, 6) is -0.855. The number of nitrogens with one attached hydrogen (secondary N) is 1. The van der Waals surface area contributed by atoms with E-state index in [1.807, 2.05) is 13.0 Å². The molecule has 9 nitrogen and oxygen atoms in total. The lowest BCUT2D eigenvalue weighted by molar-refractivity contribution is -0.0391. The number of nitrogens with two attached hydrogens (primary N) is 1. The molecule has 2 aliphatic rings. The van der Waals surface area contributed by atoms with Crippen LogP contribution in [0.2, 0.25) is 0 Å². The number of fused-ring (bicyclic) bond motifs is 1. The highest BCUT2D eigenvalue weighted by Gasteiger charge is 2.34. The van der Waals surface area contributed by atoms with Gasteiger partial charge in [-0.3, -0.25) is 4.98 Å². The number of pyridine rings is 1. The van der Waals surface area contributed by atoms with E-state index in [2.05, 4.69) is 20.4 Å². The summed E-state index contributed by atoms with van der Waals surface area (Å²) >= 11 is 0. The number of hydrogen-bond donors (Lipinski definition) is 3. The summed E-state index contributed by atoms with van der Waals surface area (Å²) in [6, 6.07) is 7.51. The number of ether oxygens (including phenoxy) is 2. The third-order valence-corrected chi connectivity index (χ3v) is 8.17. The van der Waals surface area contributed by atoms with Crippen LogP contribution in [0.15, 0.2) is 48.9 Å². The van der Waals surface area contributed by atoms with E-state index in [9.17, 15) is 5.11 Å². The molecule has 1 saturated carbocycles. The van der Waals surface area contributed by atoms with Crippen LogP contribution in [-0.2, 0) is 16.1 Å². The standard InChI is InChI=1S/C30H34F2N6O3/c1-17-10-19(13-25(33)29(17)39)22-4-7-34-15-27(22)36-30-35-14-20-2-3-26(37-38(20)30)28-23(31)11-18(12-24(28)32)16-41-21-5-8-40-9-6-21/h2-4,7,11-12,14-15,17,19,21,25,29,39H,5-6,8-10,13,16,33H2,1H3,(H,35,36)/t17-,19+,25+,29+/m0/s1. The van der Waals surface area contributed by atoms with Crippen LogP contribution in [0, 0.1) is 17.6 Å². The summed E-state index contributed by atoms with van der Waals surface area (Å²) in [5, 5.41) is 18.2. The van der Waals surface area contributed by atoms with Gasteiger partial charge in [0.25, 0.3) is 0 Å². The van der Waals surface area contributed by atoms with E-state index in [4.69, 9.17) is 15.2 Å². The van der Waals surface area contributed by atoms with Gasteiger partial charge in [-0.2, -0.15) is 9.61 Å². The number of imidazole rings is 1. The molecule has 1 aliphatic heterocycles. The molecule has 1 saturated heterocycles. The average molecular weight is 565 g/mol. The zero-order valence-electron chi connectivity index (χ0n) is 22.8. The summed E-state index contributed by atoms with van der Waals surface area (Å²) in [6.45, 7) is 3.39. The maximum absolute atomic E-state index is 15.3. The summed E-state index contributed by atoms with van der Waals surface area (Å²) < 4.78 is 43.2. The lowest BCUT2D eigenvalue weighted by Gasteiger charge is -2.36.